The van der Waals surface area contributed by atoms with Crippen LogP contribution in [0.25, 0.3) is 122 Å². The van der Waals surface area contributed by atoms with Crippen molar-refractivity contribution in [3.63, 3.8) is 0 Å². The van der Waals surface area contributed by atoms with E-state index in [9.17, 15) is 0 Å². The first kappa shape index (κ1) is 30.7. The molecule has 0 aliphatic carbocycles. The van der Waals surface area contributed by atoms with Gasteiger partial charge in [-0.05, 0) is 68.7 Å². The van der Waals surface area contributed by atoms with Crippen molar-refractivity contribution in [2.24, 2.45) is 0 Å². The van der Waals surface area contributed by atoms with Crippen molar-refractivity contribution < 1.29 is 8.83 Å². The maximum absolute atomic E-state index is 6.61. The van der Waals surface area contributed by atoms with E-state index in [-0.39, 0.29) is 0 Å². The second-order valence-electron chi connectivity index (χ2n) is 14.2. The van der Waals surface area contributed by atoms with Gasteiger partial charge in [0.1, 0.15) is 16.7 Å². The first-order chi connectivity index (χ1) is 27.7. The molecule has 0 aliphatic heterocycles. The summed E-state index contributed by atoms with van der Waals surface area (Å²) in [7, 11) is 0. The summed E-state index contributed by atoms with van der Waals surface area (Å²) < 4.78 is 13.1. The van der Waals surface area contributed by atoms with E-state index in [0.29, 0.717) is 23.4 Å². The van der Waals surface area contributed by atoms with Crippen LogP contribution >= 0.6 is 0 Å². The number of furan rings is 1. The number of benzene rings is 9. The van der Waals surface area contributed by atoms with Crippen molar-refractivity contribution in [1.29, 1.82) is 0 Å². The molecule has 0 saturated carbocycles. The van der Waals surface area contributed by atoms with E-state index in [0.717, 1.165) is 98.4 Å². The van der Waals surface area contributed by atoms with Gasteiger partial charge in [0.2, 0.25) is 5.89 Å². The van der Waals surface area contributed by atoms with Crippen LogP contribution in [0.4, 0.5) is 0 Å². The lowest BCUT2D eigenvalue weighted by Gasteiger charge is -2.12. The monoisotopic (exact) mass is 716 g/mol. The summed E-state index contributed by atoms with van der Waals surface area (Å²) in [6.45, 7) is 0. The first-order valence-electron chi connectivity index (χ1n) is 18.6. The molecule has 0 spiro atoms. The third kappa shape index (κ3) is 4.69. The van der Waals surface area contributed by atoms with Crippen molar-refractivity contribution in [2.75, 3.05) is 0 Å². The highest BCUT2D eigenvalue weighted by Crippen LogP contribution is 2.40. The van der Waals surface area contributed by atoms with Crippen molar-refractivity contribution in [3.8, 4) is 45.6 Å². The molecule has 0 atom stereocenters. The molecule has 0 fully saturated rings. The van der Waals surface area contributed by atoms with Crippen molar-refractivity contribution >= 4 is 76.1 Å². The number of oxazole rings is 1. The molecular weight excluding hydrogens is 689 g/mol. The van der Waals surface area contributed by atoms with E-state index >= 15 is 0 Å². The Bertz CT molecular complexity index is 3540. The molecule has 0 N–H and O–H groups in total. The number of hydrogen-bond donors (Lipinski definition) is 0. The van der Waals surface area contributed by atoms with E-state index < -0.39 is 0 Å². The summed E-state index contributed by atoms with van der Waals surface area (Å²) in [5.74, 6) is 2.31. The molecule has 0 unspecified atom stereocenters. The zero-order valence-electron chi connectivity index (χ0n) is 29.8. The molecule has 3 aromatic heterocycles. The molecule has 260 valence electrons. The maximum atomic E-state index is 6.61. The van der Waals surface area contributed by atoms with Gasteiger partial charge in [-0.15, -0.1) is 0 Å². The lowest BCUT2D eigenvalue weighted by atomic mass is 9.94. The fraction of sp³-hybridized carbons (Fsp3) is 0. The van der Waals surface area contributed by atoms with Crippen LogP contribution < -0.4 is 0 Å². The molecule has 9 aromatic carbocycles. The Morgan fingerprint density at radius 3 is 1.86 bits per heavy atom. The Balaban J connectivity index is 1.13. The SMILES string of the molecule is c1ccc(-c2nc3ccc4ccc5ccc6ccc(-c7nc(-c8cccc9ccccc89)nc(-c8cccc9c8oc8ccccc89)n7)cc6c5c4c3o2)cc1. The standard InChI is InChI=1S/C50H28N4O2/c1-2-11-33(12-3-1)50-51-41-27-26-32-24-23-31-22-20-30-21-25-34(28-40(30)43(31)44(32)46(41)56-50)47-52-48(38-17-8-13-29-10-4-5-14-35(29)38)54-49(53-47)39-18-9-16-37-36-15-6-7-19-42(36)55-45(37)39/h1-28H. The van der Waals surface area contributed by atoms with Crippen LogP contribution in [0, 0.1) is 0 Å². The number of para-hydroxylation sites is 2. The predicted molar refractivity (Wildman–Crippen MR) is 226 cm³/mol. The number of aromatic nitrogens is 4. The minimum atomic E-state index is 0.544. The van der Waals surface area contributed by atoms with E-state index in [1.54, 1.807) is 0 Å². The third-order valence-electron chi connectivity index (χ3n) is 10.9. The molecule has 6 nitrogen and oxygen atoms in total. The van der Waals surface area contributed by atoms with Gasteiger partial charge in [0.05, 0.1) is 5.56 Å². The quantitative estimate of drug-likeness (QED) is 0.169. The van der Waals surface area contributed by atoms with Gasteiger partial charge in [0, 0.05) is 38.2 Å². The van der Waals surface area contributed by atoms with Gasteiger partial charge in [-0.1, -0.05) is 133 Å². The third-order valence-corrected chi connectivity index (χ3v) is 10.9. The number of rotatable bonds is 4. The van der Waals surface area contributed by atoms with Gasteiger partial charge >= 0.3 is 0 Å². The van der Waals surface area contributed by atoms with Crippen LogP contribution in [0.2, 0.25) is 0 Å². The number of nitrogens with zero attached hydrogens (tertiary/aromatic N) is 4. The predicted octanol–water partition coefficient (Wildman–Crippen LogP) is 13.2. The van der Waals surface area contributed by atoms with Gasteiger partial charge in [0.25, 0.3) is 0 Å². The van der Waals surface area contributed by atoms with Gasteiger partial charge in [-0.3, -0.25) is 0 Å². The van der Waals surface area contributed by atoms with Crippen LogP contribution in [-0.2, 0) is 0 Å². The Morgan fingerprint density at radius 1 is 0.339 bits per heavy atom. The highest BCUT2D eigenvalue weighted by Gasteiger charge is 2.20. The van der Waals surface area contributed by atoms with Gasteiger partial charge in [-0.2, -0.15) is 0 Å². The molecule has 6 heteroatoms. The van der Waals surface area contributed by atoms with Crippen molar-refractivity contribution in [3.05, 3.63) is 170 Å². The summed E-state index contributed by atoms with van der Waals surface area (Å²) in [6.07, 6.45) is 0. The molecule has 3 heterocycles. The smallest absolute Gasteiger partial charge is 0.227 e. The molecule has 12 rings (SSSR count). The normalized spacial score (nSPS) is 11.9. The van der Waals surface area contributed by atoms with Gasteiger partial charge in [-0.25, -0.2) is 19.9 Å². The highest BCUT2D eigenvalue weighted by molar-refractivity contribution is 6.26. The Morgan fingerprint density at radius 2 is 0.964 bits per heavy atom. The maximum Gasteiger partial charge on any atom is 0.227 e. The van der Waals surface area contributed by atoms with Crippen LogP contribution in [0.3, 0.4) is 0 Å². The Hall–Kier alpha value is -7.70. The zero-order chi connectivity index (χ0) is 36.7. The summed E-state index contributed by atoms with van der Waals surface area (Å²) in [4.78, 5) is 20.6. The van der Waals surface area contributed by atoms with Crippen LogP contribution in [-0.4, -0.2) is 19.9 Å². The fourth-order valence-corrected chi connectivity index (χ4v) is 8.27. The highest BCUT2D eigenvalue weighted by atomic mass is 16.3. The summed E-state index contributed by atoms with van der Waals surface area (Å²) >= 11 is 0. The number of fused-ring (bicyclic) bond motifs is 11. The van der Waals surface area contributed by atoms with E-state index in [1.165, 1.54) is 0 Å². The van der Waals surface area contributed by atoms with E-state index in [1.807, 2.05) is 66.7 Å². The molecule has 0 saturated heterocycles. The van der Waals surface area contributed by atoms with E-state index in [4.69, 9.17) is 28.8 Å². The fourth-order valence-electron chi connectivity index (χ4n) is 8.27. The minimum Gasteiger partial charge on any atom is -0.455 e. The Labute approximate surface area is 319 Å². The molecule has 0 amide bonds. The number of hydrogen-bond acceptors (Lipinski definition) is 6. The second kappa shape index (κ2) is 11.9. The van der Waals surface area contributed by atoms with Crippen LogP contribution in [0.15, 0.2) is 179 Å². The largest absolute Gasteiger partial charge is 0.455 e. The summed E-state index contributed by atoms with van der Waals surface area (Å²) in [5.41, 5.74) is 6.71. The van der Waals surface area contributed by atoms with Crippen LogP contribution in [0.5, 0.6) is 0 Å². The second-order valence-corrected chi connectivity index (χ2v) is 14.2. The molecule has 0 bridgehead atoms. The summed E-state index contributed by atoms with van der Waals surface area (Å²) in [6, 6.07) is 58.2. The zero-order valence-corrected chi connectivity index (χ0v) is 29.8. The Kier molecular flexibility index (Phi) is 6.53. The average Bonchev–Trinajstić information content (AvgIpc) is 3.88. The molecule has 12 aromatic rings. The van der Waals surface area contributed by atoms with Crippen LogP contribution in [0.1, 0.15) is 0 Å². The average molecular weight is 717 g/mol. The molecule has 0 aliphatic rings. The summed E-state index contributed by atoms with van der Waals surface area (Å²) in [5, 5.41) is 10.7. The van der Waals surface area contributed by atoms with Gasteiger partial charge in [0.15, 0.2) is 23.1 Å². The lowest BCUT2D eigenvalue weighted by molar-refractivity contribution is 0.623. The first-order valence-corrected chi connectivity index (χ1v) is 18.6. The minimum absolute atomic E-state index is 0.544. The molecule has 56 heavy (non-hydrogen) atoms. The van der Waals surface area contributed by atoms with Crippen molar-refractivity contribution in [2.45, 2.75) is 0 Å². The lowest BCUT2D eigenvalue weighted by Crippen LogP contribution is -2.01. The molecular formula is C50H28N4O2. The van der Waals surface area contributed by atoms with E-state index in [2.05, 4.69) is 103 Å². The van der Waals surface area contributed by atoms with Gasteiger partial charge < -0.3 is 8.83 Å². The van der Waals surface area contributed by atoms with Crippen molar-refractivity contribution in [1.82, 2.24) is 19.9 Å². The molecule has 0 radical (unpaired) electrons. The topological polar surface area (TPSA) is 77.8 Å².